The normalized spacial score (nSPS) is 11.9. The van der Waals surface area contributed by atoms with E-state index in [1.165, 1.54) is 5.56 Å². The lowest BCUT2D eigenvalue weighted by Gasteiger charge is -2.10. The molecule has 0 radical (unpaired) electrons. The minimum absolute atomic E-state index is 0.313. The van der Waals surface area contributed by atoms with Crippen molar-refractivity contribution < 1.29 is 14.3 Å². The molecule has 1 rings (SSSR count). The van der Waals surface area contributed by atoms with E-state index in [9.17, 15) is 4.79 Å². The summed E-state index contributed by atoms with van der Waals surface area (Å²) in [6, 6.07) is 7.40. The van der Waals surface area contributed by atoms with E-state index in [4.69, 9.17) is 15.2 Å². The number of carbonyl (C=O) groups is 1. The molecule has 4 nitrogen and oxygen atoms in total. The summed E-state index contributed by atoms with van der Waals surface area (Å²) in [4.78, 5) is 11.3. The van der Waals surface area contributed by atoms with Gasteiger partial charge in [-0.05, 0) is 43.9 Å². The molecule has 0 spiro atoms. The van der Waals surface area contributed by atoms with Gasteiger partial charge in [-0.2, -0.15) is 0 Å². The SMILES string of the molecule is CCOC(=O)C(N)CCCc1ccc(OC)cc1. The topological polar surface area (TPSA) is 61.5 Å². The average Bonchev–Trinajstić information content (AvgIpc) is 2.39. The van der Waals surface area contributed by atoms with Gasteiger partial charge in [-0.1, -0.05) is 12.1 Å². The summed E-state index contributed by atoms with van der Waals surface area (Å²) in [6.07, 6.45) is 2.41. The Kier molecular flexibility index (Phi) is 6.22. The fourth-order valence-electron chi connectivity index (χ4n) is 1.69. The van der Waals surface area contributed by atoms with Gasteiger partial charge < -0.3 is 15.2 Å². The third-order valence-corrected chi connectivity index (χ3v) is 2.73. The van der Waals surface area contributed by atoms with Crippen molar-refractivity contribution in [1.29, 1.82) is 0 Å². The van der Waals surface area contributed by atoms with Crippen LogP contribution in [0, 0.1) is 0 Å². The number of rotatable bonds is 7. The van der Waals surface area contributed by atoms with Gasteiger partial charge in [0.2, 0.25) is 0 Å². The molecule has 0 heterocycles. The quantitative estimate of drug-likeness (QED) is 0.752. The number of ether oxygens (including phenoxy) is 2. The maximum atomic E-state index is 11.3. The molecular weight excluding hydrogens is 230 g/mol. The number of benzene rings is 1. The van der Waals surface area contributed by atoms with E-state index >= 15 is 0 Å². The zero-order valence-electron chi connectivity index (χ0n) is 11.0. The van der Waals surface area contributed by atoms with Crippen molar-refractivity contribution >= 4 is 5.97 Å². The molecule has 0 bridgehead atoms. The molecule has 0 saturated heterocycles. The van der Waals surface area contributed by atoms with Gasteiger partial charge in [0, 0.05) is 0 Å². The van der Waals surface area contributed by atoms with E-state index in [0.717, 1.165) is 18.6 Å². The maximum absolute atomic E-state index is 11.3. The Morgan fingerprint density at radius 2 is 2.00 bits per heavy atom. The van der Waals surface area contributed by atoms with Crippen LogP contribution in [0.2, 0.25) is 0 Å². The van der Waals surface area contributed by atoms with Crippen molar-refractivity contribution in [2.45, 2.75) is 32.2 Å². The van der Waals surface area contributed by atoms with Gasteiger partial charge in [0.05, 0.1) is 13.7 Å². The molecule has 0 aliphatic carbocycles. The average molecular weight is 251 g/mol. The summed E-state index contributed by atoms with van der Waals surface area (Å²) in [5, 5.41) is 0. The van der Waals surface area contributed by atoms with Crippen molar-refractivity contribution in [1.82, 2.24) is 0 Å². The van der Waals surface area contributed by atoms with Crippen LogP contribution in [-0.4, -0.2) is 25.7 Å². The molecule has 18 heavy (non-hydrogen) atoms. The molecule has 100 valence electrons. The minimum atomic E-state index is -0.511. The van der Waals surface area contributed by atoms with Crippen LogP contribution in [0.1, 0.15) is 25.3 Å². The Morgan fingerprint density at radius 1 is 1.33 bits per heavy atom. The predicted octanol–water partition coefficient (Wildman–Crippen LogP) is 1.91. The number of methoxy groups -OCH3 is 1. The minimum Gasteiger partial charge on any atom is -0.497 e. The fraction of sp³-hybridized carbons (Fsp3) is 0.500. The first-order valence-corrected chi connectivity index (χ1v) is 6.22. The van der Waals surface area contributed by atoms with Gasteiger partial charge in [0.25, 0.3) is 0 Å². The third-order valence-electron chi connectivity index (χ3n) is 2.73. The second kappa shape index (κ2) is 7.71. The van der Waals surface area contributed by atoms with E-state index in [0.29, 0.717) is 13.0 Å². The summed E-state index contributed by atoms with van der Waals surface area (Å²) in [5.74, 6) is 0.536. The highest BCUT2D eigenvalue weighted by Crippen LogP contribution is 2.13. The lowest BCUT2D eigenvalue weighted by atomic mass is 10.1. The molecule has 1 aromatic rings. The lowest BCUT2D eigenvalue weighted by Crippen LogP contribution is -2.32. The number of aryl methyl sites for hydroxylation is 1. The number of carbonyl (C=O) groups excluding carboxylic acids is 1. The van der Waals surface area contributed by atoms with E-state index in [1.54, 1.807) is 14.0 Å². The van der Waals surface area contributed by atoms with Crippen LogP contribution in [0.5, 0.6) is 5.75 Å². The van der Waals surface area contributed by atoms with E-state index < -0.39 is 6.04 Å². The summed E-state index contributed by atoms with van der Waals surface area (Å²) in [6.45, 7) is 2.16. The van der Waals surface area contributed by atoms with Crippen LogP contribution in [0.25, 0.3) is 0 Å². The van der Waals surface area contributed by atoms with Crippen LogP contribution in [0.4, 0.5) is 0 Å². The van der Waals surface area contributed by atoms with Gasteiger partial charge in [0.1, 0.15) is 11.8 Å². The number of hydrogen-bond donors (Lipinski definition) is 1. The summed E-state index contributed by atoms with van der Waals surface area (Å²) >= 11 is 0. The first kappa shape index (κ1) is 14.5. The monoisotopic (exact) mass is 251 g/mol. The van der Waals surface area contributed by atoms with E-state index in [2.05, 4.69) is 0 Å². The Hall–Kier alpha value is -1.55. The van der Waals surface area contributed by atoms with Crippen molar-refractivity contribution in [3.63, 3.8) is 0 Å². The molecule has 0 fully saturated rings. The Balaban J connectivity index is 2.30. The Bertz CT molecular complexity index is 362. The predicted molar refractivity (Wildman–Crippen MR) is 70.5 cm³/mol. The van der Waals surface area contributed by atoms with Crippen molar-refractivity contribution in [3.05, 3.63) is 29.8 Å². The second-order valence-electron chi connectivity index (χ2n) is 4.10. The van der Waals surface area contributed by atoms with Gasteiger partial charge in [-0.25, -0.2) is 0 Å². The highest BCUT2D eigenvalue weighted by molar-refractivity contribution is 5.75. The molecule has 0 aliphatic rings. The van der Waals surface area contributed by atoms with Crippen LogP contribution < -0.4 is 10.5 Å². The van der Waals surface area contributed by atoms with Crippen LogP contribution in [-0.2, 0) is 16.0 Å². The van der Waals surface area contributed by atoms with Crippen molar-refractivity contribution in [3.8, 4) is 5.75 Å². The number of hydrogen-bond acceptors (Lipinski definition) is 4. The summed E-state index contributed by atoms with van der Waals surface area (Å²) in [7, 11) is 1.65. The smallest absolute Gasteiger partial charge is 0.322 e. The zero-order valence-corrected chi connectivity index (χ0v) is 11.0. The first-order chi connectivity index (χ1) is 8.67. The molecular formula is C14H21NO3. The number of nitrogens with two attached hydrogens (primary N) is 1. The fourth-order valence-corrected chi connectivity index (χ4v) is 1.69. The number of esters is 1. The third kappa shape index (κ3) is 4.75. The molecule has 1 atom stereocenters. The highest BCUT2D eigenvalue weighted by Gasteiger charge is 2.13. The lowest BCUT2D eigenvalue weighted by molar-refractivity contribution is -0.144. The Labute approximate surface area is 108 Å². The molecule has 2 N–H and O–H groups in total. The summed E-state index contributed by atoms with van der Waals surface area (Å²) in [5.41, 5.74) is 6.93. The van der Waals surface area contributed by atoms with Crippen molar-refractivity contribution in [2.75, 3.05) is 13.7 Å². The highest BCUT2D eigenvalue weighted by atomic mass is 16.5. The van der Waals surface area contributed by atoms with E-state index in [-0.39, 0.29) is 5.97 Å². The zero-order chi connectivity index (χ0) is 13.4. The van der Waals surface area contributed by atoms with Gasteiger partial charge in [-0.3, -0.25) is 4.79 Å². The molecule has 1 unspecified atom stereocenters. The molecule has 1 aromatic carbocycles. The van der Waals surface area contributed by atoms with Crippen molar-refractivity contribution in [2.24, 2.45) is 5.73 Å². The molecule has 0 saturated carbocycles. The molecule has 0 aliphatic heterocycles. The Morgan fingerprint density at radius 3 is 2.56 bits per heavy atom. The standard InChI is InChI=1S/C14H21NO3/c1-3-18-14(16)13(15)6-4-5-11-7-9-12(17-2)10-8-11/h7-10,13H,3-6,15H2,1-2H3. The largest absolute Gasteiger partial charge is 0.497 e. The van der Waals surface area contributed by atoms with Gasteiger partial charge >= 0.3 is 5.97 Å². The van der Waals surface area contributed by atoms with Gasteiger partial charge in [-0.15, -0.1) is 0 Å². The van der Waals surface area contributed by atoms with Crippen LogP contribution in [0.15, 0.2) is 24.3 Å². The molecule has 0 amide bonds. The molecule has 0 aromatic heterocycles. The van der Waals surface area contributed by atoms with Crippen LogP contribution in [0.3, 0.4) is 0 Å². The second-order valence-corrected chi connectivity index (χ2v) is 4.10. The first-order valence-electron chi connectivity index (χ1n) is 6.22. The van der Waals surface area contributed by atoms with E-state index in [1.807, 2.05) is 24.3 Å². The molecule has 4 heteroatoms. The van der Waals surface area contributed by atoms with Gasteiger partial charge in [0.15, 0.2) is 0 Å². The summed E-state index contributed by atoms with van der Waals surface area (Å²) < 4.78 is 9.95. The maximum Gasteiger partial charge on any atom is 0.322 e. The van der Waals surface area contributed by atoms with Crippen LogP contribution >= 0.6 is 0 Å².